The number of amides is 2. The first-order valence-electron chi connectivity index (χ1n) is 4.50. The third kappa shape index (κ3) is 6.05. The zero-order chi connectivity index (χ0) is 11.0. The van der Waals surface area contributed by atoms with Crippen molar-refractivity contribution in [2.45, 2.75) is 19.8 Å². The van der Waals surface area contributed by atoms with Crippen LogP contribution in [0.5, 0.6) is 0 Å². The number of carbonyl (C=O) groups is 2. The standard InChI is InChI=1S/C9H16N2O3/c1-3-5-10-9(14)11-6-4-7(2)8(12)13/h2-6H2,1H3,(H,12,13)(H2,10,11,14). The second-order valence-electron chi connectivity index (χ2n) is 2.84. The van der Waals surface area contributed by atoms with Gasteiger partial charge in [-0.05, 0) is 12.8 Å². The summed E-state index contributed by atoms with van der Waals surface area (Å²) in [5, 5.41) is 13.6. The van der Waals surface area contributed by atoms with E-state index in [1.165, 1.54) is 0 Å². The molecule has 0 aliphatic rings. The van der Waals surface area contributed by atoms with Crippen LogP contribution in [-0.2, 0) is 4.79 Å². The summed E-state index contributed by atoms with van der Waals surface area (Å²) in [6.45, 7) is 6.20. The molecule has 0 saturated carbocycles. The first-order chi connectivity index (χ1) is 6.57. The molecular weight excluding hydrogens is 184 g/mol. The third-order valence-corrected chi connectivity index (χ3v) is 1.55. The fourth-order valence-corrected chi connectivity index (χ4v) is 0.735. The van der Waals surface area contributed by atoms with Gasteiger partial charge in [0.05, 0.1) is 0 Å². The minimum Gasteiger partial charge on any atom is -0.478 e. The monoisotopic (exact) mass is 200 g/mol. The maximum Gasteiger partial charge on any atom is 0.331 e. The Balaban J connectivity index is 3.49. The van der Waals surface area contributed by atoms with Crippen molar-refractivity contribution in [3.05, 3.63) is 12.2 Å². The van der Waals surface area contributed by atoms with Gasteiger partial charge in [-0.15, -0.1) is 0 Å². The van der Waals surface area contributed by atoms with Crippen molar-refractivity contribution in [1.29, 1.82) is 0 Å². The van der Waals surface area contributed by atoms with E-state index in [4.69, 9.17) is 5.11 Å². The Bertz CT molecular complexity index is 226. The van der Waals surface area contributed by atoms with E-state index < -0.39 is 5.97 Å². The lowest BCUT2D eigenvalue weighted by Gasteiger charge is -2.05. The zero-order valence-corrected chi connectivity index (χ0v) is 8.30. The van der Waals surface area contributed by atoms with Crippen LogP contribution in [0.3, 0.4) is 0 Å². The lowest BCUT2D eigenvalue weighted by molar-refractivity contribution is -0.132. The lowest BCUT2D eigenvalue weighted by Crippen LogP contribution is -2.36. The first-order valence-corrected chi connectivity index (χ1v) is 4.50. The highest BCUT2D eigenvalue weighted by Gasteiger charge is 2.04. The maximum absolute atomic E-state index is 11.0. The van der Waals surface area contributed by atoms with Crippen LogP contribution in [0.15, 0.2) is 12.2 Å². The second-order valence-corrected chi connectivity index (χ2v) is 2.84. The minimum absolute atomic E-state index is 0.0980. The minimum atomic E-state index is -1.03. The number of urea groups is 1. The molecule has 0 aromatic heterocycles. The predicted molar refractivity (Wildman–Crippen MR) is 53.1 cm³/mol. The summed E-state index contributed by atoms with van der Waals surface area (Å²) < 4.78 is 0. The van der Waals surface area contributed by atoms with Crippen molar-refractivity contribution in [3.63, 3.8) is 0 Å². The van der Waals surface area contributed by atoms with E-state index in [0.717, 1.165) is 6.42 Å². The van der Waals surface area contributed by atoms with Gasteiger partial charge in [0.2, 0.25) is 0 Å². The van der Waals surface area contributed by atoms with Crippen LogP contribution in [0.4, 0.5) is 4.79 Å². The van der Waals surface area contributed by atoms with Crippen LogP contribution in [0.25, 0.3) is 0 Å². The lowest BCUT2D eigenvalue weighted by atomic mass is 10.2. The van der Waals surface area contributed by atoms with Crippen molar-refractivity contribution < 1.29 is 14.7 Å². The van der Waals surface area contributed by atoms with Crippen molar-refractivity contribution in [1.82, 2.24) is 10.6 Å². The Morgan fingerprint density at radius 2 is 1.86 bits per heavy atom. The molecule has 80 valence electrons. The molecule has 0 aromatic rings. The van der Waals surface area contributed by atoms with Gasteiger partial charge in [-0.2, -0.15) is 0 Å². The molecule has 0 bridgehead atoms. The average molecular weight is 200 g/mol. The number of carboxylic acids is 1. The fraction of sp³-hybridized carbons (Fsp3) is 0.556. The Morgan fingerprint density at radius 1 is 1.29 bits per heavy atom. The summed E-state index contributed by atoms with van der Waals surface area (Å²) in [4.78, 5) is 21.3. The predicted octanol–water partition coefficient (Wildman–Crippen LogP) is 0.726. The van der Waals surface area contributed by atoms with Crippen molar-refractivity contribution >= 4 is 12.0 Å². The summed E-state index contributed by atoms with van der Waals surface area (Å²) in [5.74, 6) is -1.03. The highest BCUT2D eigenvalue weighted by Crippen LogP contribution is 1.94. The Kier molecular flexibility index (Phi) is 6.19. The van der Waals surface area contributed by atoms with Gasteiger partial charge < -0.3 is 15.7 Å². The van der Waals surface area contributed by atoms with Crippen molar-refractivity contribution in [2.75, 3.05) is 13.1 Å². The number of carbonyl (C=O) groups excluding carboxylic acids is 1. The summed E-state index contributed by atoms with van der Waals surface area (Å²) in [5.41, 5.74) is 0.0980. The molecule has 2 amide bonds. The third-order valence-electron chi connectivity index (χ3n) is 1.55. The van der Waals surface area contributed by atoms with E-state index in [9.17, 15) is 9.59 Å². The summed E-state index contributed by atoms with van der Waals surface area (Å²) in [7, 11) is 0. The molecule has 0 spiro atoms. The molecule has 0 heterocycles. The van der Waals surface area contributed by atoms with Gasteiger partial charge in [0.15, 0.2) is 0 Å². The average Bonchev–Trinajstić information content (AvgIpc) is 2.14. The van der Waals surface area contributed by atoms with E-state index in [2.05, 4.69) is 17.2 Å². The molecule has 3 N–H and O–H groups in total. The van der Waals surface area contributed by atoms with Gasteiger partial charge in [-0.1, -0.05) is 13.5 Å². The van der Waals surface area contributed by atoms with Crippen LogP contribution in [0.2, 0.25) is 0 Å². The summed E-state index contributed by atoms with van der Waals surface area (Å²) in [6, 6.07) is -0.273. The summed E-state index contributed by atoms with van der Waals surface area (Å²) in [6.07, 6.45) is 1.13. The number of hydrogen-bond donors (Lipinski definition) is 3. The zero-order valence-electron chi connectivity index (χ0n) is 8.30. The topological polar surface area (TPSA) is 78.4 Å². The number of rotatable bonds is 6. The number of nitrogens with one attached hydrogen (secondary N) is 2. The smallest absolute Gasteiger partial charge is 0.331 e. The Hall–Kier alpha value is -1.52. The van der Waals surface area contributed by atoms with Crippen LogP contribution in [0.1, 0.15) is 19.8 Å². The van der Waals surface area contributed by atoms with Gasteiger partial charge >= 0.3 is 12.0 Å². The van der Waals surface area contributed by atoms with Gasteiger partial charge in [0, 0.05) is 18.7 Å². The second kappa shape index (κ2) is 6.94. The molecule has 0 rings (SSSR count). The van der Waals surface area contributed by atoms with E-state index in [0.29, 0.717) is 13.1 Å². The molecule has 0 aliphatic heterocycles. The van der Waals surface area contributed by atoms with Crippen LogP contribution >= 0.6 is 0 Å². The Morgan fingerprint density at radius 3 is 2.36 bits per heavy atom. The van der Waals surface area contributed by atoms with E-state index in [1.807, 2.05) is 6.92 Å². The summed E-state index contributed by atoms with van der Waals surface area (Å²) >= 11 is 0. The van der Waals surface area contributed by atoms with E-state index in [-0.39, 0.29) is 18.0 Å². The highest BCUT2D eigenvalue weighted by atomic mass is 16.4. The Labute approximate surface area is 83.2 Å². The van der Waals surface area contributed by atoms with Crippen LogP contribution < -0.4 is 10.6 Å². The first kappa shape index (κ1) is 12.5. The number of aliphatic carboxylic acids is 1. The molecule has 0 aliphatic carbocycles. The normalized spacial score (nSPS) is 9.21. The molecule has 14 heavy (non-hydrogen) atoms. The van der Waals surface area contributed by atoms with Crippen molar-refractivity contribution in [3.8, 4) is 0 Å². The molecule has 0 radical (unpaired) electrons. The maximum atomic E-state index is 11.0. The van der Waals surface area contributed by atoms with E-state index in [1.54, 1.807) is 0 Å². The largest absolute Gasteiger partial charge is 0.478 e. The molecule has 5 nitrogen and oxygen atoms in total. The molecule has 0 aromatic carbocycles. The molecule has 5 heteroatoms. The molecule has 0 saturated heterocycles. The van der Waals surface area contributed by atoms with E-state index >= 15 is 0 Å². The molecule has 0 atom stereocenters. The number of carboxylic acid groups (broad SMARTS) is 1. The van der Waals surface area contributed by atoms with Crippen LogP contribution in [-0.4, -0.2) is 30.2 Å². The SMILES string of the molecule is C=C(CCNC(=O)NCCC)C(=O)O. The van der Waals surface area contributed by atoms with Gasteiger partial charge in [0.25, 0.3) is 0 Å². The fourth-order valence-electron chi connectivity index (χ4n) is 0.735. The van der Waals surface area contributed by atoms with Crippen molar-refractivity contribution in [2.24, 2.45) is 0 Å². The quantitative estimate of drug-likeness (QED) is 0.553. The molecular formula is C9H16N2O3. The van der Waals surface area contributed by atoms with Gasteiger partial charge in [-0.3, -0.25) is 0 Å². The molecule has 0 unspecified atom stereocenters. The van der Waals surface area contributed by atoms with Crippen LogP contribution in [0, 0.1) is 0 Å². The van der Waals surface area contributed by atoms with Gasteiger partial charge in [-0.25, -0.2) is 9.59 Å². The molecule has 0 fully saturated rings. The highest BCUT2D eigenvalue weighted by molar-refractivity contribution is 5.85. The number of hydrogen-bond acceptors (Lipinski definition) is 2. The van der Waals surface area contributed by atoms with Gasteiger partial charge in [0.1, 0.15) is 0 Å².